The molecular formula is C8H15NO4. The number of aliphatic hydroxyl groups is 1. The van der Waals surface area contributed by atoms with Crippen LogP contribution in [0, 0.1) is 5.41 Å². The smallest absolute Gasteiger partial charge is 0.312 e. The van der Waals surface area contributed by atoms with Crippen LogP contribution in [0.5, 0.6) is 0 Å². The minimum Gasteiger partial charge on any atom is -0.481 e. The summed E-state index contributed by atoms with van der Waals surface area (Å²) in [5.41, 5.74) is -0.949. The highest BCUT2D eigenvalue weighted by atomic mass is 16.7. The average molecular weight is 189 g/mol. The molecule has 5 heteroatoms. The lowest BCUT2D eigenvalue weighted by molar-refractivity contribution is -0.179. The molecule has 76 valence electrons. The zero-order chi connectivity index (χ0) is 9.90. The second kappa shape index (κ2) is 4.04. The van der Waals surface area contributed by atoms with Crippen LogP contribution < -0.4 is 0 Å². The second-order valence-electron chi connectivity index (χ2n) is 3.36. The van der Waals surface area contributed by atoms with Crippen LogP contribution in [0.4, 0.5) is 0 Å². The Labute approximate surface area is 76.9 Å². The molecule has 1 heterocycles. The summed E-state index contributed by atoms with van der Waals surface area (Å²) < 4.78 is 0. The predicted molar refractivity (Wildman–Crippen MR) is 45.0 cm³/mol. The molecule has 1 fully saturated rings. The van der Waals surface area contributed by atoms with E-state index in [0.29, 0.717) is 25.9 Å². The van der Waals surface area contributed by atoms with Crippen LogP contribution in [-0.4, -0.2) is 48.1 Å². The van der Waals surface area contributed by atoms with E-state index in [1.54, 1.807) is 12.2 Å². The highest BCUT2D eigenvalue weighted by Crippen LogP contribution is 2.31. The van der Waals surface area contributed by atoms with Gasteiger partial charge in [0.15, 0.2) is 0 Å². The summed E-state index contributed by atoms with van der Waals surface area (Å²) in [5.74, 6) is -0.911. The second-order valence-corrected chi connectivity index (χ2v) is 3.36. The quantitative estimate of drug-likeness (QED) is 0.638. The van der Waals surface area contributed by atoms with E-state index in [-0.39, 0.29) is 6.61 Å². The summed E-state index contributed by atoms with van der Waals surface area (Å²) >= 11 is 0. The van der Waals surface area contributed by atoms with Gasteiger partial charge < -0.3 is 15.1 Å². The molecule has 1 aliphatic heterocycles. The molecule has 2 N–H and O–H groups in total. The molecule has 0 aromatic rings. The molecule has 0 aromatic carbocycles. The Kier molecular flexibility index (Phi) is 3.24. The molecule has 1 saturated heterocycles. The van der Waals surface area contributed by atoms with Crippen LogP contribution in [0.3, 0.4) is 0 Å². The predicted octanol–water partition coefficient (Wildman–Crippen LogP) is -0.293. The van der Waals surface area contributed by atoms with Crippen molar-refractivity contribution in [1.82, 2.24) is 5.06 Å². The molecule has 0 spiro atoms. The maximum atomic E-state index is 10.9. The summed E-state index contributed by atoms with van der Waals surface area (Å²) in [6, 6.07) is 0. The Morgan fingerprint density at radius 2 is 2.08 bits per heavy atom. The monoisotopic (exact) mass is 189 g/mol. The average Bonchev–Trinajstić information content (AvgIpc) is 2.17. The molecule has 0 aromatic heterocycles. The topological polar surface area (TPSA) is 70.0 Å². The first-order valence-electron chi connectivity index (χ1n) is 4.28. The van der Waals surface area contributed by atoms with E-state index in [0.717, 1.165) is 0 Å². The van der Waals surface area contributed by atoms with E-state index in [4.69, 9.17) is 15.1 Å². The maximum Gasteiger partial charge on any atom is 0.312 e. The molecule has 5 nitrogen and oxygen atoms in total. The van der Waals surface area contributed by atoms with Gasteiger partial charge in [-0.2, -0.15) is 5.06 Å². The van der Waals surface area contributed by atoms with E-state index in [1.807, 2.05) is 0 Å². The van der Waals surface area contributed by atoms with Crippen LogP contribution in [0.2, 0.25) is 0 Å². The van der Waals surface area contributed by atoms with Crippen molar-refractivity contribution in [2.24, 2.45) is 5.41 Å². The number of aliphatic hydroxyl groups excluding tert-OH is 1. The van der Waals surface area contributed by atoms with Crippen LogP contribution in [0.1, 0.15) is 12.8 Å². The molecule has 13 heavy (non-hydrogen) atoms. The van der Waals surface area contributed by atoms with Gasteiger partial charge in [0.1, 0.15) is 0 Å². The van der Waals surface area contributed by atoms with Crippen molar-refractivity contribution in [2.45, 2.75) is 12.8 Å². The number of carboxylic acids is 1. The third kappa shape index (κ3) is 1.99. The highest BCUT2D eigenvalue weighted by Gasteiger charge is 2.41. The summed E-state index contributed by atoms with van der Waals surface area (Å²) in [6.45, 7) is 0.826. The number of carbonyl (C=O) groups is 1. The van der Waals surface area contributed by atoms with E-state index >= 15 is 0 Å². The molecule has 0 atom stereocenters. The molecule has 0 amide bonds. The number of hydrogen-bond acceptors (Lipinski definition) is 4. The van der Waals surface area contributed by atoms with Gasteiger partial charge in [0.05, 0.1) is 19.1 Å². The first kappa shape index (κ1) is 10.4. The van der Waals surface area contributed by atoms with Crippen molar-refractivity contribution in [1.29, 1.82) is 0 Å². The van der Waals surface area contributed by atoms with Gasteiger partial charge in [0.2, 0.25) is 0 Å². The Morgan fingerprint density at radius 3 is 2.38 bits per heavy atom. The molecular weight excluding hydrogens is 174 g/mol. The Morgan fingerprint density at radius 1 is 1.54 bits per heavy atom. The summed E-state index contributed by atoms with van der Waals surface area (Å²) in [4.78, 5) is 15.9. The molecule has 1 aliphatic rings. The van der Waals surface area contributed by atoms with E-state index in [2.05, 4.69) is 0 Å². The number of aliphatic carboxylic acids is 1. The zero-order valence-corrected chi connectivity index (χ0v) is 7.69. The van der Waals surface area contributed by atoms with Gasteiger partial charge in [0, 0.05) is 13.1 Å². The van der Waals surface area contributed by atoms with Crippen molar-refractivity contribution in [2.75, 3.05) is 26.8 Å². The fraction of sp³-hybridized carbons (Fsp3) is 0.875. The number of hydrogen-bond donors (Lipinski definition) is 2. The van der Waals surface area contributed by atoms with Crippen molar-refractivity contribution in [3.63, 3.8) is 0 Å². The maximum absolute atomic E-state index is 10.9. The lowest BCUT2D eigenvalue weighted by atomic mass is 9.80. The highest BCUT2D eigenvalue weighted by molar-refractivity contribution is 5.74. The number of rotatable bonds is 3. The zero-order valence-electron chi connectivity index (χ0n) is 7.69. The van der Waals surface area contributed by atoms with Crippen LogP contribution in [0.15, 0.2) is 0 Å². The van der Waals surface area contributed by atoms with Gasteiger partial charge in [-0.3, -0.25) is 4.79 Å². The minimum atomic E-state index is -0.949. The Bertz CT molecular complexity index is 187. The van der Waals surface area contributed by atoms with Crippen LogP contribution >= 0.6 is 0 Å². The Hall–Kier alpha value is -0.650. The lowest BCUT2D eigenvalue weighted by Crippen LogP contribution is -2.46. The minimum absolute atomic E-state index is 0.292. The van der Waals surface area contributed by atoms with Gasteiger partial charge in [-0.1, -0.05) is 0 Å². The fourth-order valence-electron chi connectivity index (χ4n) is 1.54. The van der Waals surface area contributed by atoms with Crippen LogP contribution in [0.25, 0.3) is 0 Å². The van der Waals surface area contributed by atoms with Gasteiger partial charge in [0.25, 0.3) is 0 Å². The first-order valence-corrected chi connectivity index (χ1v) is 4.28. The molecule has 0 bridgehead atoms. The summed E-state index contributed by atoms with van der Waals surface area (Å²) in [5, 5.41) is 19.7. The molecule has 1 rings (SSSR count). The summed E-state index contributed by atoms with van der Waals surface area (Å²) in [6.07, 6.45) is 0.874. The SMILES string of the molecule is CON1CCC(CO)(C(=O)O)CC1. The standard InChI is InChI=1S/C8H15NO4/c1-13-9-4-2-8(6-10,3-5-9)7(11)12/h10H,2-6H2,1H3,(H,11,12). The summed E-state index contributed by atoms with van der Waals surface area (Å²) in [7, 11) is 1.56. The largest absolute Gasteiger partial charge is 0.481 e. The van der Waals surface area contributed by atoms with Crippen molar-refractivity contribution < 1.29 is 19.8 Å². The van der Waals surface area contributed by atoms with E-state index in [9.17, 15) is 4.79 Å². The van der Waals surface area contributed by atoms with Gasteiger partial charge in [-0.05, 0) is 12.8 Å². The van der Waals surface area contributed by atoms with Gasteiger partial charge in [-0.25, -0.2) is 0 Å². The normalized spacial score (nSPS) is 22.9. The van der Waals surface area contributed by atoms with Gasteiger partial charge >= 0.3 is 5.97 Å². The lowest BCUT2D eigenvalue weighted by Gasteiger charge is -2.36. The fourth-order valence-corrected chi connectivity index (χ4v) is 1.54. The number of piperidine rings is 1. The number of nitrogens with zero attached hydrogens (tertiary/aromatic N) is 1. The van der Waals surface area contributed by atoms with Crippen molar-refractivity contribution in [3.8, 4) is 0 Å². The molecule has 0 saturated carbocycles. The van der Waals surface area contributed by atoms with Crippen molar-refractivity contribution in [3.05, 3.63) is 0 Å². The van der Waals surface area contributed by atoms with Crippen LogP contribution in [-0.2, 0) is 9.63 Å². The third-order valence-electron chi connectivity index (χ3n) is 2.69. The number of carboxylic acid groups (broad SMARTS) is 1. The van der Waals surface area contributed by atoms with Crippen molar-refractivity contribution >= 4 is 5.97 Å². The molecule has 0 aliphatic carbocycles. The third-order valence-corrected chi connectivity index (χ3v) is 2.69. The number of hydroxylamine groups is 2. The molecule has 0 unspecified atom stereocenters. The van der Waals surface area contributed by atoms with E-state index in [1.165, 1.54) is 0 Å². The molecule has 0 radical (unpaired) electrons. The van der Waals surface area contributed by atoms with Gasteiger partial charge in [-0.15, -0.1) is 0 Å². The first-order chi connectivity index (χ1) is 6.14. The Balaban J connectivity index is 2.58. The van der Waals surface area contributed by atoms with E-state index < -0.39 is 11.4 Å².